The SMILES string of the molecule is CC1CCCN(C(=O)CN(C)Cc2ccc(C(F)(F)F)cc2)C1. The van der Waals surface area contributed by atoms with E-state index in [4.69, 9.17) is 0 Å². The lowest BCUT2D eigenvalue weighted by Crippen LogP contribution is -2.43. The number of amides is 1. The van der Waals surface area contributed by atoms with Crippen LogP contribution in [0.5, 0.6) is 0 Å². The number of carbonyl (C=O) groups excluding carboxylic acids is 1. The van der Waals surface area contributed by atoms with Crippen LogP contribution in [0.15, 0.2) is 24.3 Å². The van der Waals surface area contributed by atoms with Gasteiger partial charge in [0.2, 0.25) is 5.91 Å². The molecular weight excluding hydrogens is 305 g/mol. The van der Waals surface area contributed by atoms with Crippen molar-refractivity contribution in [2.45, 2.75) is 32.5 Å². The lowest BCUT2D eigenvalue weighted by atomic mass is 10.0. The third-order valence-electron chi connectivity index (χ3n) is 4.15. The Labute approximate surface area is 135 Å². The second-order valence-electron chi connectivity index (χ2n) is 6.45. The monoisotopic (exact) mass is 328 g/mol. The van der Waals surface area contributed by atoms with Crippen molar-refractivity contribution in [3.05, 3.63) is 35.4 Å². The Morgan fingerprint density at radius 3 is 2.52 bits per heavy atom. The number of rotatable bonds is 4. The van der Waals surface area contributed by atoms with Gasteiger partial charge in [-0.3, -0.25) is 9.69 Å². The van der Waals surface area contributed by atoms with E-state index >= 15 is 0 Å². The van der Waals surface area contributed by atoms with Crippen LogP contribution in [0, 0.1) is 5.92 Å². The zero-order valence-corrected chi connectivity index (χ0v) is 13.6. The second-order valence-corrected chi connectivity index (χ2v) is 6.45. The van der Waals surface area contributed by atoms with E-state index in [1.54, 1.807) is 0 Å². The molecule has 1 aromatic carbocycles. The fourth-order valence-electron chi connectivity index (χ4n) is 2.91. The van der Waals surface area contributed by atoms with Crippen LogP contribution in [0.4, 0.5) is 13.2 Å². The van der Waals surface area contributed by atoms with Gasteiger partial charge in [-0.25, -0.2) is 0 Å². The van der Waals surface area contributed by atoms with Gasteiger partial charge in [0.05, 0.1) is 12.1 Å². The molecule has 3 nitrogen and oxygen atoms in total. The first kappa shape index (κ1) is 17.8. The topological polar surface area (TPSA) is 23.6 Å². The van der Waals surface area contributed by atoms with Gasteiger partial charge >= 0.3 is 6.18 Å². The Bertz CT molecular complexity index is 528. The molecule has 1 atom stereocenters. The van der Waals surface area contributed by atoms with Crippen molar-refractivity contribution in [1.29, 1.82) is 0 Å². The van der Waals surface area contributed by atoms with Crippen molar-refractivity contribution in [2.75, 3.05) is 26.7 Å². The first-order valence-electron chi connectivity index (χ1n) is 7.88. The molecule has 0 saturated carbocycles. The molecule has 1 saturated heterocycles. The molecule has 1 amide bonds. The van der Waals surface area contributed by atoms with Crippen LogP contribution in [0.25, 0.3) is 0 Å². The number of hydrogen-bond acceptors (Lipinski definition) is 2. The smallest absolute Gasteiger partial charge is 0.341 e. The number of likely N-dealkylation sites (tertiary alicyclic amines) is 1. The van der Waals surface area contributed by atoms with Gasteiger partial charge in [-0.1, -0.05) is 19.1 Å². The fraction of sp³-hybridized carbons (Fsp3) is 0.588. The number of nitrogens with zero attached hydrogens (tertiary/aromatic N) is 2. The summed E-state index contributed by atoms with van der Waals surface area (Å²) in [6.07, 6.45) is -2.12. The molecular formula is C17H23F3N2O. The normalized spacial score (nSPS) is 19.2. The molecule has 1 aliphatic rings. The van der Waals surface area contributed by atoms with Gasteiger partial charge in [0.1, 0.15) is 0 Å². The predicted octanol–water partition coefficient (Wildman–Crippen LogP) is 3.40. The summed E-state index contributed by atoms with van der Waals surface area (Å²) in [5.74, 6) is 0.624. The third-order valence-corrected chi connectivity index (χ3v) is 4.15. The van der Waals surface area contributed by atoms with Crippen molar-refractivity contribution in [2.24, 2.45) is 5.92 Å². The van der Waals surface area contributed by atoms with Gasteiger partial charge in [-0.2, -0.15) is 13.2 Å². The number of carbonyl (C=O) groups is 1. The van der Waals surface area contributed by atoms with Crippen LogP contribution in [0.3, 0.4) is 0 Å². The summed E-state index contributed by atoms with van der Waals surface area (Å²) in [7, 11) is 1.81. The quantitative estimate of drug-likeness (QED) is 0.846. The summed E-state index contributed by atoms with van der Waals surface area (Å²) in [6.45, 7) is 4.48. The van der Waals surface area contributed by atoms with E-state index in [1.165, 1.54) is 12.1 Å². The standard InChI is InChI=1S/C17H23F3N2O/c1-13-4-3-9-22(10-13)16(23)12-21(2)11-14-5-7-15(8-6-14)17(18,19)20/h5-8,13H,3-4,9-12H2,1-2H3. The molecule has 2 rings (SSSR count). The van der Waals surface area contributed by atoms with Crippen LogP contribution in [0.2, 0.25) is 0 Å². The van der Waals surface area contributed by atoms with Gasteiger partial charge in [-0.05, 0) is 43.5 Å². The Hall–Kier alpha value is -1.56. The van der Waals surface area contributed by atoms with E-state index in [0.717, 1.165) is 43.6 Å². The summed E-state index contributed by atoms with van der Waals surface area (Å²) in [4.78, 5) is 16.0. The van der Waals surface area contributed by atoms with Crippen molar-refractivity contribution in [3.63, 3.8) is 0 Å². The van der Waals surface area contributed by atoms with Gasteiger partial charge < -0.3 is 4.90 Å². The molecule has 23 heavy (non-hydrogen) atoms. The van der Waals surface area contributed by atoms with Crippen molar-refractivity contribution in [1.82, 2.24) is 9.80 Å². The maximum atomic E-state index is 12.5. The molecule has 1 aromatic rings. The van der Waals surface area contributed by atoms with Crippen molar-refractivity contribution < 1.29 is 18.0 Å². The average Bonchev–Trinajstić information content (AvgIpc) is 2.46. The van der Waals surface area contributed by atoms with Crippen LogP contribution >= 0.6 is 0 Å². The lowest BCUT2D eigenvalue weighted by molar-refractivity contribution is -0.137. The highest BCUT2D eigenvalue weighted by Crippen LogP contribution is 2.29. The highest BCUT2D eigenvalue weighted by molar-refractivity contribution is 5.78. The Morgan fingerprint density at radius 2 is 1.96 bits per heavy atom. The number of likely N-dealkylation sites (N-methyl/N-ethyl adjacent to an activating group) is 1. The molecule has 0 radical (unpaired) electrons. The molecule has 1 unspecified atom stereocenters. The lowest BCUT2D eigenvalue weighted by Gasteiger charge is -2.32. The molecule has 0 N–H and O–H groups in total. The van der Waals surface area contributed by atoms with Crippen molar-refractivity contribution in [3.8, 4) is 0 Å². The van der Waals surface area contributed by atoms with Gasteiger partial charge in [0.15, 0.2) is 0 Å². The summed E-state index contributed by atoms with van der Waals surface area (Å²) in [5.41, 5.74) is 0.114. The molecule has 6 heteroatoms. The van der Waals surface area contributed by atoms with Gasteiger partial charge in [-0.15, -0.1) is 0 Å². The van der Waals surface area contributed by atoms with E-state index in [-0.39, 0.29) is 12.5 Å². The minimum Gasteiger partial charge on any atom is -0.341 e. The Kier molecular flexibility index (Phi) is 5.68. The second kappa shape index (κ2) is 7.34. The summed E-state index contributed by atoms with van der Waals surface area (Å²) < 4.78 is 37.6. The van der Waals surface area contributed by atoms with E-state index in [9.17, 15) is 18.0 Å². The van der Waals surface area contributed by atoms with Crippen LogP contribution in [-0.2, 0) is 17.5 Å². The summed E-state index contributed by atoms with van der Waals surface area (Å²) in [5, 5.41) is 0. The van der Waals surface area contributed by atoms with E-state index < -0.39 is 11.7 Å². The first-order valence-corrected chi connectivity index (χ1v) is 7.88. The van der Waals surface area contributed by atoms with Crippen LogP contribution in [-0.4, -0.2) is 42.4 Å². The van der Waals surface area contributed by atoms with Crippen molar-refractivity contribution >= 4 is 5.91 Å². The van der Waals surface area contributed by atoms with E-state index in [0.29, 0.717) is 12.5 Å². The molecule has 0 aliphatic carbocycles. The third kappa shape index (κ3) is 5.23. The molecule has 1 aliphatic heterocycles. The predicted molar refractivity (Wildman–Crippen MR) is 82.8 cm³/mol. The first-order chi connectivity index (χ1) is 10.8. The number of benzene rings is 1. The maximum absolute atomic E-state index is 12.5. The minimum atomic E-state index is -4.31. The van der Waals surface area contributed by atoms with Gasteiger partial charge in [0, 0.05) is 19.6 Å². The Morgan fingerprint density at radius 1 is 1.30 bits per heavy atom. The Balaban J connectivity index is 1.86. The number of hydrogen-bond donors (Lipinski definition) is 0. The minimum absolute atomic E-state index is 0.0889. The zero-order valence-electron chi connectivity index (χ0n) is 13.6. The molecule has 1 fully saturated rings. The largest absolute Gasteiger partial charge is 0.416 e. The molecule has 0 aromatic heterocycles. The average molecular weight is 328 g/mol. The highest BCUT2D eigenvalue weighted by Gasteiger charge is 2.30. The van der Waals surface area contributed by atoms with E-state index in [1.807, 2.05) is 16.8 Å². The van der Waals surface area contributed by atoms with E-state index in [2.05, 4.69) is 6.92 Å². The number of alkyl halides is 3. The zero-order chi connectivity index (χ0) is 17.0. The molecule has 1 heterocycles. The highest BCUT2D eigenvalue weighted by atomic mass is 19.4. The van der Waals surface area contributed by atoms with Crippen LogP contribution in [0.1, 0.15) is 30.9 Å². The van der Waals surface area contributed by atoms with Crippen LogP contribution < -0.4 is 0 Å². The van der Waals surface area contributed by atoms with Gasteiger partial charge in [0.25, 0.3) is 0 Å². The molecule has 0 spiro atoms. The maximum Gasteiger partial charge on any atom is 0.416 e. The molecule has 128 valence electrons. The summed E-state index contributed by atoms with van der Waals surface area (Å²) >= 11 is 0. The molecule has 0 bridgehead atoms. The fourth-order valence-corrected chi connectivity index (χ4v) is 2.91. The summed E-state index contributed by atoms with van der Waals surface area (Å²) in [6, 6.07) is 5.09. The number of piperidine rings is 1. The number of halogens is 3.